The van der Waals surface area contributed by atoms with E-state index in [1.165, 1.54) is 0 Å². The number of aryl methyl sites for hydroxylation is 1. The summed E-state index contributed by atoms with van der Waals surface area (Å²) in [5, 5.41) is 14.8. The van der Waals surface area contributed by atoms with Crippen molar-refractivity contribution in [2.45, 2.75) is 19.9 Å². The molecule has 6 heteroatoms. The number of nitrogens with one attached hydrogen (secondary N) is 2. The quantitative estimate of drug-likeness (QED) is 0.671. The van der Waals surface area contributed by atoms with Gasteiger partial charge >= 0.3 is 0 Å². The molecule has 0 fully saturated rings. The standard InChI is InChI=1S/C20H19ClN4O/c1-2-15-5-3-4-6-17(15)23-20(26)18-11-12-19(25-24-18)22-13-14-7-9-16(21)10-8-14/h3-12H,2,13H2,1H3,(H,22,25)(H,23,26). The van der Waals surface area contributed by atoms with Crippen molar-refractivity contribution in [2.24, 2.45) is 0 Å². The first-order valence-corrected chi connectivity index (χ1v) is 8.75. The minimum absolute atomic E-state index is 0.271. The van der Waals surface area contributed by atoms with E-state index in [0.717, 1.165) is 23.2 Å². The molecule has 3 aromatic rings. The van der Waals surface area contributed by atoms with Crippen LogP contribution in [0.25, 0.3) is 0 Å². The van der Waals surface area contributed by atoms with E-state index < -0.39 is 0 Å². The second-order valence-electron chi connectivity index (χ2n) is 5.75. The summed E-state index contributed by atoms with van der Waals surface area (Å²) in [6.07, 6.45) is 0.843. The van der Waals surface area contributed by atoms with E-state index in [9.17, 15) is 4.79 Å². The predicted octanol–water partition coefficient (Wildman–Crippen LogP) is 4.56. The summed E-state index contributed by atoms with van der Waals surface area (Å²) in [5.74, 6) is 0.327. The van der Waals surface area contributed by atoms with E-state index in [1.807, 2.05) is 55.5 Å². The first-order valence-electron chi connectivity index (χ1n) is 8.37. The Morgan fingerprint density at radius 3 is 2.46 bits per heavy atom. The van der Waals surface area contributed by atoms with Crippen LogP contribution in [0.15, 0.2) is 60.7 Å². The van der Waals surface area contributed by atoms with Crippen LogP contribution < -0.4 is 10.6 Å². The van der Waals surface area contributed by atoms with E-state index in [2.05, 4.69) is 20.8 Å². The number of halogens is 1. The lowest BCUT2D eigenvalue weighted by Gasteiger charge is -2.09. The summed E-state index contributed by atoms with van der Waals surface area (Å²) in [4.78, 5) is 12.4. The molecule has 0 unspecified atom stereocenters. The van der Waals surface area contributed by atoms with Gasteiger partial charge in [-0.1, -0.05) is 48.9 Å². The number of nitrogens with zero attached hydrogens (tertiary/aromatic N) is 2. The van der Waals surface area contributed by atoms with Gasteiger partial charge in [0, 0.05) is 17.3 Å². The van der Waals surface area contributed by atoms with Crippen molar-refractivity contribution < 1.29 is 4.79 Å². The van der Waals surface area contributed by atoms with Crippen LogP contribution in [0, 0.1) is 0 Å². The molecule has 5 nitrogen and oxygen atoms in total. The summed E-state index contributed by atoms with van der Waals surface area (Å²) < 4.78 is 0. The van der Waals surface area contributed by atoms with Crippen LogP contribution in [-0.4, -0.2) is 16.1 Å². The number of carbonyl (C=O) groups is 1. The van der Waals surface area contributed by atoms with Crippen molar-refractivity contribution in [1.29, 1.82) is 0 Å². The highest BCUT2D eigenvalue weighted by Crippen LogP contribution is 2.16. The molecule has 1 aromatic heterocycles. The van der Waals surface area contributed by atoms with Gasteiger partial charge in [-0.2, -0.15) is 0 Å². The lowest BCUT2D eigenvalue weighted by molar-refractivity contribution is 0.102. The average Bonchev–Trinajstić information content (AvgIpc) is 2.68. The first kappa shape index (κ1) is 17.9. The Bertz CT molecular complexity index is 879. The number of hydrogen-bond acceptors (Lipinski definition) is 4. The first-order chi connectivity index (χ1) is 12.7. The van der Waals surface area contributed by atoms with Gasteiger partial charge in [0.1, 0.15) is 5.82 Å². The van der Waals surface area contributed by atoms with Gasteiger partial charge in [-0.25, -0.2) is 0 Å². The summed E-state index contributed by atoms with van der Waals surface area (Å²) >= 11 is 5.87. The predicted molar refractivity (Wildman–Crippen MR) is 105 cm³/mol. The highest BCUT2D eigenvalue weighted by atomic mass is 35.5. The molecule has 1 amide bonds. The SMILES string of the molecule is CCc1ccccc1NC(=O)c1ccc(NCc2ccc(Cl)cc2)nn1. The van der Waals surface area contributed by atoms with Gasteiger partial charge in [-0.05, 0) is 47.9 Å². The molecule has 0 aliphatic rings. The topological polar surface area (TPSA) is 66.9 Å². The van der Waals surface area contributed by atoms with Crippen LogP contribution in [0.3, 0.4) is 0 Å². The van der Waals surface area contributed by atoms with Crippen molar-refractivity contribution in [1.82, 2.24) is 10.2 Å². The second kappa shape index (κ2) is 8.45. The van der Waals surface area contributed by atoms with Crippen LogP contribution in [0.4, 0.5) is 11.5 Å². The number of rotatable bonds is 6. The Hall–Kier alpha value is -2.92. The highest BCUT2D eigenvalue weighted by Gasteiger charge is 2.10. The summed E-state index contributed by atoms with van der Waals surface area (Å²) in [6, 6.07) is 18.7. The smallest absolute Gasteiger partial charge is 0.276 e. The Morgan fingerprint density at radius 1 is 1.00 bits per heavy atom. The third-order valence-corrected chi connectivity index (χ3v) is 4.18. The number of amides is 1. The van der Waals surface area contributed by atoms with E-state index in [1.54, 1.807) is 12.1 Å². The molecular weight excluding hydrogens is 348 g/mol. The fourth-order valence-electron chi connectivity index (χ4n) is 2.48. The molecule has 0 bridgehead atoms. The van der Waals surface area contributed by atoms with Gasteiger partial charge in [0.15, 0.2) is 5.69 Å². The van der Waals surface area contributed by atoms with E-state index in [0.29, 0.717) is 17.4 Å². The van der Waals surface area contributed by atoms with Crippen molar-refractivity contribution in [2.75, 3.05) is 10.6 Å². The molecule has 2 N–H and O–H groups in total. The molecule has 0 saturated heterocycles. The van der Waals surface area contributed by atoms with Gasteiger partial charge in [-0.3, -0.25) is 4.79 Å². The minimum atomic E-state index is -0.275. The number of benzene rings is 2. The van der Waals surface area contributed by atoms with Crippen LogP contribution in [0.5, 0.6) is 0 Å². The molecule has 3 rings (SSSR count). The fraction of sp³-hybridized carbons (Fsp3) is 0.150. The fourth-order valence-corrected chi connectivity index (χ4v) is 2.61. The van der Waals surface area contributed by atoms with E-state index in [-0.39, 0.29) is 11.6 Å². The Kier molecular flexibility index (Phi) is 5.81. The minimum Gasteiger partial charge on any atom is -0.365 e. The zero-order valence-corrected chi connectivity index (χ0v) is 15.1. The number of anilines is 2. The number of carbonyl (C=O) groups excluding carboxylic acids is 1. The maximum absolute atomic E-state index is 12.4. The molecule has 0 radical (unpaired) electrons. The third kappa shape index (κ3) is 4.58. The second-order valence-corrected chi connectivity index (χ2v) is 6.19. The van der Waals surface area contributed by atoms with Gasteiger partial charge in [0.2, 0.25) is 0 Å². The van der Waals surface area contributed by atoms with Crippen molar-refractivity contribution in [3.63, 3.8) is 0 Å². The highest BCUT2D eigenvalue weighted by molar-refractivity contribution is 6.30. The van der Waals surface area contributed by atoms with Gasteiger partial charge in [0.25, 0.3) is 5.91 Å². The maximum Gasteiger partial charge on any atom is 0.276 e. The third-order valence-electron chi connectivity index (χ3n) is 3.93. The molecule has 0 saturated carbocycles. The Labute approximate surface area is 157 Å². The summed E-state index contributed by atoms with van der Waals surface area (Å²) in [5.41, 5.74) is 3.23. The van der Waals surface area contributed by atoms with Gasteiger partial charge in [0.05, 0.1) is 0 Å². The van der Waals surface area contributed by atoms with Crippen molar-refractivity contribution >= 4 is 29.0 Å². The number of aromatic nitrogens is 2. The summed E-state index contributed by atoms with van der Waals surface area (Å²) in [7, 11) is 0. The number of para-hydroxylation sites is 1. The van der Waals surface area contributed by atoms with Gasteiger partial charge in [-0.15, -0.1) is 10.2 Å². The molecule has 132 valence electrons. The Balaban J connectivity index is 1.61. The molecule has 2 aromatic carbocycles. The molecular formula is C20H19ClN4O. The maximum atomic E-state index is 12.4. The van der Waals surface area contributed by atoms with Crippen LogP contribution >= 0.6 is 11.6 Å². The average molecular weight is 367 g/mol. The van der Waals surface area contributed by atoms with Crippen LogP contribution in [0.2, 0.25) is 5.02 Å². The zero-order chi connectivity index (χ0) is 18.4. The molecule has 0 aliphatic carbocycles. The van der Waals surface area contributed by atoms with E-state index in [4.69, 9.17) is 11.6 Å². The summed E-state index contributed by atoms with van der Waals surface area (Å²) in [6.45, 7) is 2.65. The number of hydrogen-bond donors (Lipinski definition) is 2. The normalized spacial score (nSPS) is 10.4. The van der Waals surface area contributed by atoms with Gasteiger partial charge < -0.3 is 10.6 Å². The Morgan fingerprint density at radius 2 is 1.77 bits per heavy atom. The van der Waals surface area contributed by atoms with E-state index >= 15 is 0 Å². The lowest BCUT2D eigenvalue weighted by atomic mass is 10.1. The lowest BCUT2D eigenvalue weighted by Crippen LogP contribution is -2.15. The van der Waals surface area contributed by atoms with Crippen LogP contribution in [-0.2, 0) is 13.0 Å². The van der Waals surface area contributed by atoms with Crippen molar-refractivity contribution in [3.8, 4) is 0 Å². The largest absolute Gasteiger partial charge is 0.365 e. The molecule has 0 atom stereocenters. The molecule has 1 heterocycles. The molecule has 0 spiro atoms. The molecule has 0 aliphatic heterocycles. The zero-order valence-electron chi connectivity index (χ0n) is 14.4. The van der Waals surface area contributed by atoms with Crippen LogP contribution in [0.1, 0.15) is 28.5 Å². The molecule has 26 heavy (non-hydrogen) atoms. The monoisotopic (exact) mass is 366 g/mol. The van der Waals surface area contributed by atoms with Crippen molar-refractivity contribution in [3.05, 3.63) is 82.5 Å².